The molecule has 0 aliphatic rings. The Bertz CT molecular complexity index is 60.0. The van der Waals surface area contributed by atoms with E-state index in [-0.39, 0.29) is 0 Å². The van der Waals surface area contributed by atoms with E-state index in [2.05, 4.69) is 22.0 Å². The molecule has 0 amide bonds. The molecule has 0 N–H and O–H groups in total. The first-order valence-corrected chi connectivity index (χ1v) is 6.35. The molecule has 1 atom stereocenters. The van der Waals surface area contributed by atoms with Crippen molar-refractivity contribution < 1.29 is 9.32 Å². The van der Waals surface area contributed by atoms with Crippen LogP contribution in [-0.4, -0.2) is 12.9 Å². The van der Waals surface area contributed by atoms with Crippen molar-refractivity contribution in [1.82, 2.24) is 0 Å². The van der Waals surface area contributed by atoms with E-state index in [1.807, 2.05) is 0 Å². The van der Waals surface area contributed by atoms with E-state index in [4.69, 9.17) is 4.52 Å². The molecule has 0 bridgehead atoms. The van der Waals surface area contributed by atoms with Gasteiger partial charge >= 0.3 is 0 Å². The lowest BCUT2D eigenvalue weighted by atomic mass is 10.4. The third-order valence-electron chi connectivity index (χ3n) is 0.623. The van der Waals surface area contributed by atoms with Crippen molar-refractivity contribution in [2.24, 2.45) is 0 Å². The highest BCUT2D eigenvalue weighted by Crippen LogP contribution is 2.21. The van der Waals surface area contributed by atoms with Gasteiger partial charge in [0.25, 0.3) is 0 Å². The van der Waals surface area contributed by atoms with Crippen LogP contribution in [0.25, 0.3) is 0 Å². The highest BCUT2D eigenvalue weighted by atomic mass is 127. The number of rotatable bonds is 5. The van der Waals surface area contributed by atoms with E-state index in [1.165, 1.54) is 0 Å². The molecule has 0 heterocycles. The summed E-state index contributed by atoms with van der Waals surface area (Å²) in [6, 6.07) is 0. The van der Waals surface area contributed by atoms with Crippen molar-refractivity contribution in [2.75, 3.05) is 6.61 Å². The molecule has 8 heavy (non-hydrogen) atoms. The zero-order valence-electron chi connectivity index (χ0n) is 4.39. The number of unbranched alkanes of at least 4 members (excludes halogenated alkanes) is 1. The summed E-state index contributed by atoms with van der Waals surface area (Å²) in [5, 5.41) is 0. The maximum absolute atomic E-state index is 9.71. The van der Waals surface area contributed by atoms with Crippen LogP contribution in [0.1, 0.15) is 12.8 Å². The molecular weight excluding hydrogens is 238 g/mol. The molecule has 0 radical (unpaired) electrons. The third-order valence-corrected chi connectivity index (χ3v) is 1.87. The van der Waals surface area contributed by atoms with Gasteiger partial charge in [0.1, 0.15) is 6.29 Å². The first-order chi connectivity index (χ1) is 3.91. The van der Waals surface area contributed by atoms with Gasteiger partial charge in [-0.1, -0.05) is 0 Å². The Kier molecular flexibility index (Phi) is 8.56. The van der Waals surface area contributed by atoms with E-state index >= 15 is 0 Å². The first-order valence-electron chi connectivity index (χ1n) is 2.33. The van der Waals surface area contributed by atoms with Gasteiger partial charge in [0.15, 0.2) is 0 Å². The summed E-state index contributed by atoms with van der Waals surface area (Å²) in [5.74, 6) is 0. The van der Waals surface area contributed by atoms with Crippen LogP contribution in [0, 0.1) is 0 Å². The maximum atomic E-state index is 9.71. The Morgan fingerprint density at radius 2 is 2.50 bits per heavy atom. The van der Waals surface area contributed by atoms with Gasteiger partial charge in [0.05, 0.1) is 13.1 Å². The fourth-order valence-corrected chi connectivity index (χ4v) is 1.16. The quantitative estimate of drug-likeness (QED) is 0.320. The molecule has 4 heteroatoms. The third kappa shape index (κ3) is 6.79. The van der Waals surface area contributed by atoms with Gasteiger partial charge in [-0.2, -0.15) is 0 Å². The number of carbonyl (C=O) groups excluding carboxylic acids is 1. The lowest BCUT2D eigenvalue weighted by molar-refractivity contribution is -0.108. The Labute approximate surface area is 63.7 Å². The van der Waals surface area contributed by atoms with E-state index in [0.29, 0.717) is 12.9 Å². The topological polar surface area (TPSA) is 26.3 Å². The minimum absolute atomic E-state index is 0.523. The van der Waals surface area contributed by atoms with Gasteiger partial charge in [0, 0.05) is 6.42 Å². The van der Waals surface area contributed by atoms with Crippen molar-refractivity contribution in [3.8, 4) is 0 Å². The van der Waals surface area contributed by atoms with E-state index < -0.39 is 0 Å². The van der Waals surface area contributed by atoms with Crippen LogP contribution >= 0.6 is 28.5 Å². The maximum Gasteiger partial charge on any atom is 0.120 e. The molecule has 0 spiro atoms. The molecule has 0 aromatic carbocycles. The summed E-state index contributed by atoms with van der Waals surface area (Å²) in [4.78, 5) is 9.71. The number of carbonyl (C=O) groups is 1. The molecule has 0 aromatic heterocycles. The monoisotopic (exact) mass is 246 g/mol. The number of hydrogen-bond acceptors (Lipinski definition) is 2. The van der Waals surface area contributed by atoms with Crippen molar-refractivity contribution >= 4 is 34.8 Å². The molecule has 0 fully saturated rings. The van der Waals surface area contributed by atoms with Crippen LogP contribution in [0.2, 0.25) is 0 Å². The van der Waals surface area contributed by atoms with Crippen molar-refractivity contribution in [3.05, 3.63) is 0 Å². The summed E-state index contributed by atoms with van der Waals surface area (Å²) < 4.78 is 4.99. The lowest BCUT2D eigenvalue weighted by Gasteiger charge is -1.92. The predicted octanol–water partition coefficient (Wildman–Crippen LogP) is 1.93. The fraction of sp³-hybridized carbons (Fsp3) is 0.750. The number of aldehydes is 1. The van der Waals surface area contributed by atoms with Gasteiger partial charge < -0.3 is 9.32 Å². The number of hydrogen-bond donors (Lipinski definition) is 0. The standard InChI is InChI=1S/C4H8IO2P/c5-8-7-4-2-1-3-6/h3,8H,1-2,4H2. The molecule has 0 aliphatic heterocycles. The Balaban J connectivity index is 2.62. The van der Waals surface area contributed by atoms with E-state index in [1.54, 1.807) is 0 Å². The van der Waals surface area contributed by atoms with Crippen molar-refractivity contribution in [1.29, 1.82) is 0 Å². The zero-order chi connectivity index (χ0) is 6.24. The molecule has 0 saturated heterocycles. The molecular formula is C4H8IO2P. The van der Waals surface area contributed by atoms with Crippen molar-refractivity contribution in [3.63, 3.8) is 0 Å². The predicted molar refractivity (Wildman–Crippen MR) is 43.6 cm³/mol. The Morgan fingerprint density at radius 3 is 3.00 bits per heavy atom. The van der Waals surface area contributed by atoms with Gasteiger partial charge in [-0.25, -0.2) is 0 Å². The van der Waals surface area contributed by atoms with Gasteiger partial charge in [-0.05, 0) is 28.5 Å². The summed E-state index contributed by atoms with van der Waals surface area (Å²) in [6.07, 6.45) is 2.40. The highest BCUT2D eigenvalue weighted by molar-refractivity contribution is 14.2. The van der Waals surface area contributed by atoms with Gasteiger partial charge in [0.2, 0.25) is 0 Å². The van der Waals surface area contributed by atoms with Crippen LogP contribution in [-0.2, 0) is 9.32 Å². The molecule has 48 valence electrons. The van der Waals surface area contributed by atoms with E-state index in [0.717, 1.165) is 19.3 Å². The van der Waals surface area contributed by atoms with Crippen LogP contribution in [0.5, 0.6) is 0 Å². The van der Waals surface area contributed by atoms with Gasteiger partial charge in [-0.3, -0.25) is 0 Å². The lowest BCUT2D eigenvalue weighted by Crippen LogP contribution is -1.83. The Hall–Kier alpha value is 0.790. The molecule has 0 aliphatic carbocycles. The normalized spacial score (nSPS) is 10.6. The van der Waals surface area contributed by atoms with Crippen LogP contribution in [0.3, 0.4) is 0 Å². The highest BCUT2D eigenvalue weighted by Gasteiger charge is 1.83. The average Bonchev–Trinajstić information content (AvgIpc) is 1.81. The summed E-state index contributed by atoms with van der Waals surface area (Å²) in [5.41, 5.74) is 0. The van der Waals surface area contributed by atoms with E-state index in [9.17, 15) is 4.79 Å². The Morgan fingerprint density at radius 1 is 1.75 bits per heavy atom. The molecule has 1 unspecified atom stereocenters. The molecule has 2 nitrogen and oxygen atoms in total. The second-order valence-corrected chi connectivity index (χ2v) is 3.00. The number of halogens is 1. The second kappa shape index (κ2) is 7.79. The SMILES string of the molecule is O=CCCCOPI. The van der Waals surface area contributed by atoms with Crippen LogP contribution in [0.4, 0.5) is 0 Å². The summed E-state index contributed by atoms with van der Waals surface area (Å²) >= 11 is 2.16. The summed E-state index contributed by atoms with van der Waals surface area (Å²) in [7, 11) is 0. The molecule has 0 aromatic rings. The van der Waals surface area contributed by atoms with Crippen LogP contribution < -0.4 is 0 Å². The zero-order valence-corrected chi connectivity index (χ0v) is 7.55. The minimum atomic E-state index is 0.523. The second-order valence-electron chi connectivity index (χ2n) is 1.23. The largest absolute Gasteiger partial charge is 0.352 e. The summed E-state index contributed by atoms with van der Waals surface area (Å²) in [6.45, 7) is 1.25. The molecule has 0 saturated carbocycles. The average molecular weight is 246 g/mol. The van der Waals surface area contributed by atoms with Crippen LogP contribution in [0.15, 0.2) is 0 Å². The first kappa shape index (κ1) is 8.79. The van der Waals surface area contributed by atoms with Crippen molar-refractivity contribution in [2.45, 2.75) is 12.8 Å². The minimum Gasteiger partial charge on any atom is -0.352 e. The van der Waals surface area contributed by atoms with Gasteiger partial charge in [-0.15, -0.1) is 0 Å². The molecule has 0 rings (SSSR count). The fourth-order valence-electron chi connectivity index (χ4n) is 0.277. The smallest absolute Gasteiger partial charge is 0.120 e.